The first-order valence-corrected chi connectivity index (χ1v) is 10.4. The summed E-state index contributed by atoms with van der Waals surface area (Å²) < 4.78 is 13.7. The molecule has 172 valence electrons. The summed E-state index contributed by atoms with van der Waals surface area (Å²) in [6.45, 7) is 10.8. The summed E-state index contributed by atoms with van der Waals surface area (Å²) >= 11 is 0. The molecular formula is C23H29FN4O4. The number of amides is 2. The fourth-order valence-corrected chi connectivity index (χ4v) is 3.66. The van der Waals surface area contributed by atoms with E-state index in [0.29, 0.717) is 34.6 Å². The monoisotopic (exact) mass is 444 g/mol. The molecular weight excluding hydrogens is 415 g/mol. The van der Waals surface area contributed by atoms with Crippen molar-refractivity contribution in [1.29, 1.82) is 0 Å². The number of aryl methyl sites for hydroxylation is 1. The van der Waals surface area contributed by atoms with E-state index in [2.05, 4.69) is 34.4 Å². The van der Waals surface area contributed by atoms with Gasteiger partial charge in [0.1, 0.15) is 5.82 Å². The fraction of sp³-hybridized carbons (Fsp3) is 0.348. The lowest BCUT2D eigenvalue weighted by atomic mass is 10.0. The van der Waals surface area contributed by atoms with Gasteiger partial charge in [0.25, 0.3) is 18.3 Å². The second-order valence-electron chi connectivity index (χ2n) is 7.25. The first-order valence-electron chi connectivity index (χ1n) is 10.4. The summed E-state index contributed by atoms with van der Waals surface area (Å²) in [6, 6.07) is 4.20. The van der Waals surface area contributed by atoms with Gasteiger partial charge in [-0.3, -0.25) is 14.4 Å². The minimum absolute atomic E-state index is 0.143. The minimum atomic E-state index is -0.404. The molecule has 0 fully saturated rings. The maximum absolute atomic E-state index is 13.7. The summed E-state index contributed by atoms with van der Waals surface area (Å²) in [7, 11) is 0. The molecule has 2 aromatic rings. The van der Waals surface area contributed by atoms with Gasteiger partial charge in [0.15, 0.2) is 0 Å². The van der Waals surface area contributed by atoms with Crippen LogP contribution in [0.3, 0.4) is 0 Å². The second kappa shape index (κ2) is 11.2. The van der Waals surface area contributed by atoms with Crippen molar-refractivity contribution in [1.82, 2.24) is 15.2 Å². The van der Waals surface area contributed by atoms with Gasteiger partial charge in [0.2, 0.25) is 0 Å². The lowest BCUT2D eigenvalue weighted by Gasteiger charge is -2.18. The number of aromatic amines is 1. The second-order valence-corrected chi connectivity index (χ2v) is 7.25. The Bertz CT molecular complexity index is 1030. The predicted molar refractivity (Wildman–Crippen MR) is 122 cm³/mol. The summed E-state index contributed by atoms with van der Waals surface area (Å²) in [6.07, 6.45) is 1.68. The number of fused-ring (bicyclic) bond motifs is 1. The van der Waals surface area contributed by atoms with Crippen LogP contribution in [0.1, 0.15) is 46.7 Å². The van der Waals surface area contributed by atoms with Crippen LogP contribution in [0.2, 0.25) is 0 Å². The highest BCUT2D eigenvalue weighted by Crippen LogP contribution is 2.34. The molecule has 0 spiro atoms. The maximum atomic E-state index is 13.7. The van der Waals surface area contributed by atoms with Crippen LogP contribution in [0.15, 0.2) is 18.2 Å². The number of aromatic nitrogens is 1. The summed E-state index contributed by atoms with van der Waals surface area (Å²) in [4.78, 5) is 38.8. The van der Waals surface area contributed by atoms with E-state index in [9.17, 15) is 14.0 Å². The van der Waals surface area contributed by atoms with Crippen molar-refractivity contribution < 1.29 is 23.9 Å². The van der Waals surface area contributed by atoms with E-state index in [1.165, 1.54) is 12.1 Å². The van der Waals surface area contributed by atoms with Crippen molar-refractivity contribution in [2.75, 3.05) is 31.5 Å². The Morgan fingerprint density at radius 1 is 1.25 bits per heavy atom. The van der Waals surface area contributed by atoms with Gasteiger partial charge >= 0.3 is 0 Å². The highest BCUT2D eigenvalue weighted by molar-refractivity contribution is 6.34. The molecule has 1 aliphatic rings. The molecule has 0 atom stereocenters. The van der Waals surface area contributed by atoms with Gasteiger partial charge in [-0.2, -0.15) is 0 Å². The summed E-state index contributed by atoms with van der Waals surface area (Å²) in [5.74, 6) is -0.836. The number of hydrogen-bond donors (Lipinski definition) is 4. The molecule has 1 aliphatic heterocycles. The number of carbonyl (C=O) groups is 3. The van der Waals surface area contributed by atoms with Crippen LogP contribution in [-0.4, -0.2) is 59.5 Å². The predicted octanol–water partition coefficient (Wildman–Crippen LogP) is 3.04. The lowest BCUT2D eigenvalue weighted by Crippen LogP contribution is -2.35. The average Bonchev–Trinajstić information content (AvgIpc) is 3.21. The van der Waals surface area contributed by atoms with Gasteiger partial charge in [-0.25, -0.2) is 4.39 Å². The molecule has 0 aliphatic carbocycles. The Kier molecular flexibility index (Phi) is 8.71. The molecule has 1 aromatic heterocycles. The van der Waals surface area contributed by atoms with Crippen molar-refractivity contribution in [2.24, 2.45) is 0 Å². The van der Waals surface area contributed by atoms with Crippen LogP contribution in [0, 0.1) is 19.7 Å². The number of carboxylic acid groups (broad SMARTS) is 1. The van der Waals surface area contributed by atoms with Gasteiger partial charge in [-0.15, -0.1) is 0 Å². The molecule has 4 N–H and O–H groups in total. The molecule has 0 bridgehead atoms. The van der Waals surface area contributed by atoms with Crippen LogP contribution < -0.4 is 10.6 Å². The van der Waals surface area contributed by atoms with E-state index < -0.39 is 5.82 Å². The molecule has 0 saturated heterocycles. The van der Waals surface area contributed by atoms with Gasteiger partial charge in [0, 0.05) is 35.7 Å². The molecule has 9 heteroatoms. The first kappa shape index (κ1) is 24.8. The SMILES string of the molecule is CCN(CC)CCNC(=O)c1c(C)[nH]c(C=C2C(=O)Nc3ccc(F)cc32)c1C.O=CO. The van der Waals surface area contributed by atoms with Crippen LogP contribution >= 0.6 is 0 Å². The van der Waals surface area contributed by atoms with E-state index in [-0.39, 0.29) is 18.3 Å². The number of carbonyl (C=O) groups excluding carboxylic acids is 2. The van der Waals surface area contributed by atoms with E-state index in [1.807, 2.05) is 13.8 Å². The molecule has 0 unspecified atom stereocenters. The Morgan fingerprint density at radius 3 is 2.53 bits per heavy atom. The van der Waals surface area contributed by atoms with Crippen molar-refractivity contribution in [3.8, 4) is 0 Å². The normalized spacial score (nSPS) is 13.4. The number of hydrogen-bond acceptors (Lipinski definition) is 4. The number of halogens is 1. The molecule has 2 amide bonds. The van der Waals surface area contributed by atoms with Crippen LogP contribution in [-0.2, 0) is 9.59 Å². The highest BCUT2D eigenvalue weighted by atomic mass is 19.1. The quantitative estimate of drug-likeness (QED) is 0.387. The Labute approximate surface area is 186 Å². The Morgan fingerprint density at radius 2 is 1.91 bits per heavy atom. The average molecular weight is 445 g/mol. The molecule has 0 saturated carbocycles. The van der Waals surface area contributed by atoms with Crippen molar-refractivity contribution in [3.05, 3.63) is 52.1 Å². The fourth-order valence-electron chi connectivity index (χ4n) is 3.66. The smallest absolute Gasteiger partial charge is 0.290 e. The van der Waals surface area contributed by atoms with Gasteiger partial charge in [-0.05, 0) is 56.8 Å². The zero-order valence-electron chi connectivity index (χ0n) is 18.7. The third-order valence-corrected chi connectivity index (χ3v) is 5.36. The standard InChI is InChI=1S/C22H27FN4O2.CH2O2/c1-5-27(6-2)10-9-24-22(29)20-13(3)19(25-14(20)4)12-17-16-11-15(23)7-8-18(16)26-21(17)28;2-1-3/h7-8,11-12,25H,5-6,9-10H2,1-4H3,(H,24,29)(H,26,28);1H,(H,2,3). The maximum Gasteiger partial charge on any atom is 0.290 e. The van der Waals surface area contributed by atoms with Crippen molar-refractivity contribution >= 4 is 35.6 Å². The number of nitrogens with zero attached hydrogens (tertiary/aromatic N) is 1. The third-order valence-electron chi connectivity index (χ3n) is 5.36. The molecule has 8 nitrogen and oxygen atoms in total. The number of nitrogens with one attached hydrogen (secondary N) is 3. The van der Waals surface area contributed by atoms with Crippen LogP contribution in [0.25, 0.3) is 11.6 Å². The Balaban J connectivity index is 0.00000114. The number of likely N-dealkylation sites (N-methyl/N-ethyl adjacent to an activating group) is 1. The largest absolute Gasteiger partial charge is 0.483 e. The number of H-pyrrole nitrogens is 1. The molecule has 2 heterocycles. The van der Waals surface area contributed by atoms with Gasteiger partial charge in [-0.1, -0.05) is 13.8 Å². The number of anilines is 1. The molecule has 1 aromatic carbocycles. The van der Waals surface area contributed by atoms with Gasteiger partial charge in [0.05, 0.1) is 11.1 Å². The van der Waals surface area contributed by atoms with Crippen LogP contribution in [0.5, 0.6) is 0 Å². The topological polar surface area (TPSA) is 115 Å². The van der Waals surface area contributed by atoms with Gasteiger partial charge < -0.3 is 25.6 Å². The van der Waals surface area contributed by atoms with Crippen LogP contribution in [0.4, 0.5) is 10.1 Å². The lowest BCUT2D eigenvalue weighted by molar-refractivity contribution is -0.122. The van der Waals surface area contributed by atoms with E-state index >= 15 is 0 Å². The molecule has 3 rings (SSSR count). The zero-order chi connectivity index (χ0) is 23.8. The first-order chi connectivity index (χ1) is 15.3. The van der Waals surface area contributed by atoms with E-state index in [4.69, 9.17) is 9.90 Å². The van der Waals surface area contributed by atoms with Crippen molar-refractivity contribution in [2.45, 2.75) is 27.7 Å². The van der Waals surface area contributed by atoms with E-state index in [1.54, 1.807) is 12.1 Å². The number of benzene rings is 1. The van der Waals surface area contributed by atoms with Crippen molar-refractivity contribution in [3.63, 3.8) is 0 Å². The third kappa shape index (κ3) is 5.61. The summed E-state index contributed by atoms with van der Waals surface area (Å²) in [5, 5.41) is 12.6. The minimum Gasteiger partial charge on any atom is -0.483 e. The molecule has 32 heavy (non-hydrogen) atoms. The zero-order valence-corrected chi connectivity index (χ0v) is 18.7. The molecule has 0 radical (unpaired) electrons. The number of rotatable bonds is 7. The Hall–Kier alpha value is -3.46. The highest BCUT2D eigenvalue weighted by Gasteiger charge is 2.26. The van der Waals surface area contributed by atoms with E-state index in [0.717, 1.165) is 30.9 Å². The summed E-state index contributed by atoms with van der Waals surface area (Å²) in [5.41, 5.74) is 4.20.